The number of nitrogens with zero attached hydrogens (tertiary/aromatic N) is 2. The number of nitrogen functional groups attached to an aromatic ring is 1. The van der Waals surface area contributed by atoms with Crippen molar-refractivity contribution in [2.24, 2.45) is 0 Å². The number of carbonyl (C=O) groups is 1. The number of anilines is 2. The van der Waals surface area contributed by atoms with E-state index >= 15 is 0 Å². The van der Waals surface area contributed by atoms with Gasteiger partial charge in [-0.25, -0.2) is 18.4 Å². The van der Waals surface area contributed by atoms with E-state index in [-0.39, 0.29) is 11.7 Å². The molecular weight excluding hydrogens is 364 g/mol. The van der Waals surface area contributed by atoms with E-state index in [0.717, 1.165) is 27.8 Å². The lowest BCUT2D eigenvalue weighted by Crippen LogP contribution is -2.07. The van der Waals surface area contributed by atoms with Gasteiger partial charge in [0.25, 0.3) is 0 Å². The number of hydrogen-bond acceptors (Lipinski definition) is 6. The number of carbonyl (C=O) groups excluding carboxylic acids is 1. The molecule has 3 rings (SSSR count). The van der Waals surface area contributed by atoms with E-state index < -0.39 is 10.7 Å². The summed E-state index contributed by atoms with van der Waals surface area (Å²) in [6, 6.07) is 12.7. The van der Waals surface area contributed by atoms with Gasteiger partial charge in [-0.15, -0.1) is 0 Å². The molecule has 138 valence electrons. The number of nitrogens with one attached hydrogen (secondary N) is 1. The van der Waals surface area contributed by atoms with Crippen LogP contribution >= 0.6 is 0 Å². The van der Waals surface area contributed by atoms with Crippen molar-refractivity contribution < 1.29 is 13.2 Å². The summed E-state index contributed by atoms with van der Waals surface area (Å²) in [7, 11) is -2.45. The molecular formula is C19H18N4O3S. The quantitative estimate of drug-likeness (QED) is 0.584. The fourth-order valence-corrected chi connectivity index (χ4v) is 3.13. The summed E-state index contributed by atoms with van der Waals surface area (Å²) in [5, 5.41) is 2.61. The zero-order chi connectivity index (χ0) is 19.4. The summed E-state index contributed by atoms with van der Waals surface area (Å²) in [4.78, 5) is 19.6. The molecule has 1 amide bonds. The second-order valence-electron chi connectivity index (χ2n) is 5.96. The van der Waals surface area contributed by atoms with Crippen molar-refractivity contribution in [3.8, 4) is 22.3 Å². The monoisotopic (exact) mass is 382 g/mol. The van der Waals surface area contributed by atoms with Crippen LogP contribution in [0.4, 0.5) is 11.6 Å². The summed E-state index contributed by atoms with van der Waals surface area (Å²) >= 11 is 0. The molecule has 0 saturated heterocycles. The minimum Gasteiger partial charge on any atom is -0.383 e. The summed E-state index contributed by atoms with van der Waals surface area (Å²) < 4.78 is 21.7. The molecule has 27 heavy (non-hydrogen) atoms. The lowest BCUT2D eigenvalue weighted by molar-refractivity contribution is -0.114. The summed E-state index contributed by atoms with van der Waals surface area (Å²) in [5.41, 5.74) is 10.0. The third kappa shape index (κ3) is 4.68. The molecule has 2 heterocycles. The normalized spacial score (nSPS) is 10.7. The van der Waals surface area contributed by atoms with Gasteiger partial charge in [0.15, 0.2) is 0 Å². The van der Waals surface area contributed by atoms with Crippen LogP contribution in [0.5, 0.6) is 0 Å². The molecule has 0 spiro atoms. The Morgan fingerprint density at radius 3 is 2.26 bits per heavy atom. The first-order chi connectivity index (χ1) is 12.9. The van der Waals surface area contributed by atoms with Gasteiger partial charge in [0, 0.05) is 36.0 Å². The van der Waals surface area contributed by atoms with Crippen molar-refractivity contribution in [1.82, 2.24) is 9.97 Å². The third-order valence-corrected chi connectivity index (χ3v) is 4.52. The number of thiol groups is 1. The molecule has 0 bridgehead atoms. The smallest absolute Gasteiger partial charge is 0.222 e. The molecule has 0 aliphatic rings. The van der Waals surface area contributed by atoms with Crippen LogP contribution in [0.1, 0.15) is 12.5 Å². The van der Waals surface area contributed by atoms with Gasteiger partial charge in [-0.05, 0) is 29.3 Å². The lowest BCUT2D eigenvalue weighted by atomic mass is 10.0. The topological polar surface area (TPSA) is 115 Å². The maximum absolute atomic E-state index is 11.1. The first kappa shape index (κ1) is 18.5. The zero-order valence-corrected chi connectivity index (χ0v) is 15.4. The molecule has 3 N–H and O–H groups in total. The molecule has 3 aromatic rings. The molecule has 8 heteroatoms. The summed E-state index contributed by atoms with van der Waals surface area (Å²) in [6.45, 7) is 1.42. The van der Waals surface area contributed by atoms with E-state index in [1.165, 1.54) is 6.92 Å². The number of amides is 1. The SMILES string of the molecule is CC(=O)Nc1ccc(-c2cc(-c3ccc(C[SH](=O)=O)cc3)cnc2N)cn1. The van der Waals surface area contributed by atoms with E-state index in [0.29, 0.717) is 11.6 Å². The standard InChI is InChI=1S/C19H18N4O3S/c1-12(24)23-18-7-6-15(9-21-18)17-8-16(10-22-19(17)20)14-4-2-13(3-5-14)11-27(25)26/h2-10,27H,11H2,1H3,(H2,20,22)(H,21,23,24). The fraction of sp³-hybridized carbons (Fsp3) is 0.105. The highest BCUT2D eigenvalue weighted by Crippen LogP contribution is 2.29. The van der Waals surface area contributed by atoms with Crippen molar-refractivity contribution in [3.63, 3.8) is 0 Å². The second kappa shape index (κ2) is 7.96. The Labute approximate surface area is 158 Å². The number of hydrogen-bond donors (Lipinski definition) is 3. The van der Waals surface area contributed by atoms with E-state index in [9.17, 15) is 13.2 Å². The predicted molar refractivity (Wildman–Crippen MR) is 106 cm³/mol. The van der Waals surface area contributed by atoms with Crippen LogP contribution in [0.3, 0.4) is 0 Å². The van der Waals surface area contributed by atoms with Crippen LogP contribution in [0.15, 0.2) is 54.9 Å². The second-order valence-corrected chi connectivity index (χ2v) is 6.94. The maximum Gasteiger partial charge on any atom is 0.222 e. The van der Waals surface area contributed by atoms with Gasteiger partial charge in [0.05, 0.1) is 5.75 Å². The number of benzene rings is 1. The largest absolute Gasteiger partial charge is 0.383 e. The molecule has 0 saturated carbocycles. The van der Waals surface area contributed by atoms with E-state index in [1.807, 2.05) is 24.3 Å². The van der Waals surface area contributed by atoms with Gasteiger partial charge in [-0.3, -0.25) is 4.79 Å². The van der Waals surface area contributed by atoms with Crippen molar-refractivity contribution in [2.45, 2.75) is 12.7 Å². The molecule has 0 unspecified atom stereocenters. The first-order valence-corrected chi connectivity index (χ1v) is 9.49. The fourth-order valence-electron chi connectivity index (χ4n) is 2.62. The molecule has 1 aromatic carbocycles. The summed E-state index contributed by atoms with van der Waals surface area (Å²) in [5.74, 6) is 0.658. The van der Waals surface area contributed by atoms with Crippen LogP contribution < -0.4 is 11.1 Å². The number of nitrogens with two attached hydrogens (primary N) is 1. The van der Waals surface area contributed by atoms with Gasteiger partial charge in [0.1, 0.15) is 22.3 Å². The third-order valence-electron chi connectivity index (χ3n) is 3.90. The molecule has 7 nitrogen and oxygen atoms in total. The first-order valence-electron chi connectivity index (χ1n) is 8.13. The highest BCUT2D eigenvalue weighted by atomic mass is 32.2. The minimum absolute atomic E-state index is 0.0210. The maximum atomic E-state index is 11.1. The average Bonchev–Trinajstić information content (AvgIpc) is 2.63. The van der Waals surface area contributed by atoms with Gasteiger partial charge < -0.3 is 11.1 Å². The Morgan fingerprint density at radius 2 is 1.67 bits per heavy atom. The highest BCUT2D eigenvalue weighted by molar-refractivity contribution is 7.71. The molecule has 0 atom stereocenters. The van der Waals surface area contributed by atoms with Gasteiger partial charge in [0.2, 0.25) is 5.91 Å². The highest BCUT2D eigenvalue weighted by Gasteiger charge is 2.08. The molecule has 0 aliphatic heterocycles. The predicted octanol–water partition coefficient (Wildman–Crippen LogP) is 2.46. The van der Waals surface area contributed by atoms with Crippen LogP contribution in [-0.4, -0.2) is 24.3 Å². The number of aromatic nitrogens is 2. The Balaban J connectivity index is 1.91. The lowest BCUT2D eigenvalue weighted by Gasteiger charge is -2.09. The van der Waals surface area contributed by atoms with Crippen LogP contribution in [0.2, 0.25) is 0 Å². The van der Waals surface area contributed by atoms with Gasteiger partial charge in [-0.1, -0.05) is 24.3 Å². The van der Waals surface area contributed by atoms with E-state index in [1.54, 1.807) is 30.6 Å². The van der Waals surface area contributed by atoms with Crippen LogP contribution in [0.25, 0.3) is 22.3 Å². The molecule has 0 aliphatic carbocycles. The van der Waals surface area contributed by atoms with Crippen molar-refractivity contribution in [2.75, 3.05) is 11.1 Å². The Morgan fingerprint density at radius 1 is 1.00 bits per heavy atom. The molecule has 2 aromatic heterocycles. The zero-order valence-electron chi connectivity index (χ0n) is 14.5. The van der Waals surface area contributed by atoms with Crippen molar-refractivity contribution in [1.29, 1.82) is 0 Å². The Hall–Kier alpha value is -3.26. The van der Waals surface area contributed by atoms with Crippen molar-refractivity contribution in [3.05, 3.63) is 60.4 Å². The van der Waals surface area contributed by atoms with Gasteiger partial charge in [-0.2, -0.15) is 0 Å². The summed E-state index contributed by atoms with van der Waals surface area (Å²) in [6.07, 6.45) is 3.29. The van der Waals surface area contributed by atoms with Crippen LogP contribution in [0, 0.1) is 0 Å². The number of rotatable bonds is 5. The molecule has 0 radical (unpaired) electrons. The molecule has 0 fully saturated rings. The Kier molecular flexibility index (Phi) is 5.46. The van der Waals surface area contributed by atoms with Gasteiger partial charge >= 0.3 is 0 Å². The average molecular weight is 382 g/mol. The minimum atomic E-state index is -2.45. The number of pyridine rings is 2. The van der Waals surface area contributed by atoms with E-state index in [2.05, 4.69) is 15.3 Å². The van der Waals surface area contributed by atoms with Crippen LogP contribution in [-0.2, 0) is 21.3 Å². The van der Waals surface area contributed by atoms with E-state index in [4.69, 9.17) is 5.73 Å². The van der Waals surface area contributed by atoms with Crippen molar-refractivity contribution >= 4 is 28.2 Å². The Bertz CT molecular complexity index is 1040.